The molecule has 0 saturated carbocycles. The maximum atomic E-state index is 15.0. The molecule has 0 saturated heterocycles. The van der Waals surface area contributed by atoms with Crippen molar-refractivity contribution in [3.63, 3.8) is 0 Å². The van der Waals surface area contributed by atoms with E-state index in [0.717, 1.165) is 11.6 Å². The summed E-state index contributed by atoms with van der Waals surface area (Å²) in [6, 6.07) is 5.25. The Kier molecular flexibility index (Phi) is 5.30. The Morgan fingerprint density at radius 3 is 2.55 bits per heavy atom. The minimum absolute atomic E-state index is 0.147. The van der Waals surface area contributed by atoms with Gasteiger partial charge in [-0.15, -0.1) is 0 Å². The zero-order valence-electron chi connectivity index (χ0n) is 17.4. The van der Waals surface area contributed by atoms with Crippen molar-refractivity contribution in [2.24, 2.45) is 0 Å². The van der Waals surface area contributed by atoms with Gasteiger partial charge in [0.15, 0.2) is 0 Å². The van der Waals surface area contributed by atoms with Gasteiger partial charge < -0.3 is 5.11 Å². The molecule has 2 aromatic carbocycles. The van der Waals surface area contributed by atoms with Crippen LogP contribution >= 0.6 is 0 Å². The lowest BCUT2D eigenvalue weighted by atomic mass is 9.86. The summed E-state index contributed by atoms with van der Waals surface area (Å²) in [6.07, 6.45) is 3.21. The van der Waals surface area contributed by atoms with Gasteiger partial charge >= 0.3 is 0 Å². The van der Waals surface area contributed by atoms with E-state index in [1.807, 2.05) is 13.0 Å². The van der Waals surface area contributed by atoms with Crippen molar-refractivity contribution in [1.29, 1.82) is 0 Å². The van der Waals surface area contributed by atoms with Gasteiger partial charge in [-0.05, 0) is 44.0 Å². The van der Waals surface area contributed by atoms with Crippen molar-refractivity contribution in [2.75, 3.05) is 0 Å². The largest absolute Gasteiger partial charge is 0.381 e. The van der Waals surface area contributed by atoms with E-state index in [0.29, 0.717) is 23.6 Å². The summed E-state index contributed by atoms with van der Waals surface area (Å²) in [5.41, 5.74) is -0.464. The van der Waals surface area contributed by atoms with Gasteiger partial charge in [0, 0.05) is 17.0 Å². The molecule has 2 aromatic heterocycles. The molecule has 31 heavy (non-hydrogen) atoms. The van der Waals surface area contributed by atoms with Crippen molar-refractivity contribution in [1.82, 2.24) is 24.5 Å². The summed E-state index contributed by atoms with van der Waals surface area (Å²) in [7, 11) is 0. The third-order valence-corrected chi connectivity index (χ3v) is 5.64. The second kappa shape index (κ2) is 7.81. The Balaban J connectivity index is 1.94. The number of aryl methyl sites for hydroxylation is 2. The highest BCUT2D eigenvalue weighted by molar-refractivity contribution is 5.83. The van der Waals surface area contributed by atoms with Crippen LogP contribution < -0.4 is 0 Å². The first kappa shape index (κ1) is 21.0. The van der Waals surface area contributed by atoms with E-state index in [9.17, 15) is 13.9 Å². The second-order valence-corrected chi connectivity index (χ2v) is 7.71. The van der Waals surface area contributed by atoms with Gasteiger partial charge in [0.05, 0.1) is 18.3 Å². The van der Waals surface area contributed by atoms with Crippen LogP contribution in [-0.2, 0) is 18.6 Å². The van der Waals surface area contributed by atoms with Gasteiger partial charge in [0.25, 0.3) is 0 Å². The first-order valence-corrected chi connectivity index (χ1v) is 9.92. The average Bonchev–Trinajstić information content (AvgIpc) is 3.34. The summed E-state index contributed by atoms with van der Waals surface area (Å²) in [4.78, 5) is 3.86. The molecule has 6 nitrogen and oxygen atoms in total. The Morgan fingerprint density at radius 1 is 1.13 bits per heavy atom. The van der Waals surface area contributed by atoms with E-state index >= 15 is 4.39 Å². The predicted octanol–water partition coefficient (Wildman–Crippen LogP) is 4.06. The Labute approximate surface area is 177 Å². The number of rotatable bonds is 6. The first-order chi connectivity index (χ1) is 14.7. The van der Waals surface area contributed by atoms with Crippen LogP contribution in [0.5, 0.6) is 0 Å². The molecule has 0 aliphatic carbocycles. The summed E-state index contributed by atoms with van der Waals surface area (Å²) in [6.45, 7) is 5.11. The summed E-state index contributed by atoms with van der Waals surface area (Å²) in [5.74, 6) is -2.17. The molecule has 0 amide bonds. The van der Waals surface area contributed by atoms with Crippen LogP contribution in [0.15, 0.2) is 43.0 Å². The summed E-state index contributed by atoms with van der Waals surface area (Å²) >= 11 is 0. The Bertz CT molecular complexity index is 1240. The van der Waals surface area contributed by atoms with E-state index in [-0.39, 0.29) is 17.6 Å². The lowest BCUT2D eigenvalue weighted by molar-refractivity contribution is -0.0357. The number of fused-ring (bicyclic) bond motifs is 1. The highest BCUT2D eigenvalue weighted by Crippen LogP contribution is 2.39. The van der Waals surface area contributed by atoms with Crippen molar-refractivity contribution in [2.45, 2.75) is 45.4 Å². The van der Waals surface area contributed by atoms with Gasteiger partial charge in [0.2, 0.25) is 0 Å². The van der Waals surface area contributed by atoms with Crippen molar-refractivity contribution in [3.05, 3.63) is 77.3 Å². The normalized spacial score (nSPS) is 14.7. The van der Waals surface area contributed by atoms with E-state index < -0.39 is 29.1 Å². The quantitative estimate of drug-likeness (QED) is 0.502. The molecule has 0 fully saturated rings. The van der Waals surface area contributed by atoms with Crippen molar-refractivity contribution in [3.8, 4) is 0 Å². The summed E-state index contributed by atoms with van der Waals surface area (Å²) < 4.78 is 46.1. The molecule has 9 heteroatoms. The number of hydrogen-bond donors (Lipinski definition) is 1. The van der Waals surface area contributed by atoms with Crippen LogP contribution in [0.1, 0.15) is 36.7 Å². The van der Waals surface area contributed by atoms with Gasteiger partial charge in [-0.3, -0.25) is 4.68 Å². The van der Waals surface area contributed by atoms with Crippen LogP contribution in [-0.4, -0.2) is 29.7 Å². The molecule has 0 aliphatic rings. The molecule has 0 aliphatic heterocycles. The molecule has 162 valence electrons. The molecule has 1 N–H and O–H groups in total. The van der Waals surface area contributed by atoms with Gasteiger partial charge in [-0.1, -0.05) is 13.0 Å². The number of aliphatic hydroxyl groups is 1. The Morgan fingerprint density at radius 2 is 1.90 bits per heavy atom. The molecule has 2 atom stereocenters. The SMILES string of the molecule is CCc1nn([C@H](C)[C@](O)(Cn2cncn2)c2ccc(F)cc2F)c2c(F)cc(C)cc12. The number of hydrogen-bond acceptors (Lipinski definition) is 4. The highest BCUT2D eigenvalue weighted by atomic mass is 19.1. The van der Waals surface area contributed by atoms with Crippen LogP contribution in [0.2, 0.25) is 0 Å². The van der Waals surface area contributed by atoms with Crippen molar-refractivity contribution < 1.29 is 18.3 Å². The predicted molar refractivity (Wildman–Crippen MR) is 109 cm³/mol. The van der Waals surface area contributed by atoms with E-state index in [1.165, 1.54) is 34.2 Å². The molecule has 2 heterocycles. The third kappa shape index (κ3) is 3.59. The number of benzene rings is 2. The third-order valence-electron chi connectivity index (χ3n) is 5.64. The molecular formula is C22H22F3N5O. The highest BCUT2D eigenvalue weighted by Gasteiger charge is 2.42. The molecule has 0 radical (unpaired) electrons. The zero-order chi connectivity index (χ0) is 22.3. The van der Waals surface area contributed by atoms with Crippen LogP contribution in [0, 0.1) is 24.4 Å². The van der Waals surface area contributed by atoms with Gasteiger partial charge in [0.1, 0.15) is 41.2 Å². The molecule has 0 spiro atoms. The average molecular weight is 429 g/mol. The molecule has 4 aromatic rings. The minimum atomic E-state index is -1.94. The maximum absolute atomic E-state index is 15.0. The molecule has 0 unspecified atom stereocenters. The standard InChI is InChI=1S/C22H22F3N5O/c1-4-20-16-7-13(2)8-19(25)21(16)30(28-20)14(3)22(31,10-29-12-26-11-27-29)17-6-5-15(23)9-18(17)24/h5-9,11-12,14,31H,4,10H2,1-3H3/t14-,22-/m1/s1. The summed E-state index contributed by atoms with van der Waals surface area (Å²) in [5, 5.41) is 21.0. The fraction of sp³-hybridized carbons (Fsp3) is 0.318. The van der Waals surface area contributed by atoms with Crippen LogP contribution in [0.3, 0.4) is 0 Å². The minimum Gasteiger partial charge on any atom is -0.381 e. The van der Waals surface area contributed by atoms with Gasteiger partial charge in [-0.2, -0.15) is 10.2 Å². The maximum Gasteiger partial charge on any atom is 0.149 e. The van der Waals surface area contributed by atoms with E-state index in [2.05, 4.69) is 15.2 Å². The van der Waals surface area contributed by atoms with Crippen molar-refractivity contribution >= 4 is 10.9 Å². The molecule has 0 bridgehead atoms. The lowest BCUT2D eigenvalue weighted by Gasteiger charge is -2.35. The monoisotopic (exact) mass is 429 g/mol. The number of halogens is 3. The van der Waals surface area contributed by atoms with E-state index in [4.69, 9.17) is 0 Å². The fourth-order valence-corrected chi connectivity index (χ4v) is 4.01. The van der Waals surface area contributed by atoms with Crippen LogP contribution in [0.4, 0.5) is 13.2 Å². The first-order valence-electron chi connectivity index (χ1n) is 9.92. The topological polar surface area (TPSA) is 68.8 Å². The fourth-order valence-electron chi connectivity index (χ4n) is 4.01. The number of aromatic nitrogens is 5. The van der Waals surface area contributed by atoms with Gasteiger partial charge in [-0.25, -0.2) is 22.8 Å². The zero-order valence-corrected chi connectivity index (χ0v) is 17.4. The number of nitrogens with zero attached hydrogens (tertiary/aromatic N) is 5. The lowest BCUT2D eigenvalue weighted by Crippen LogP contribution is -2.41. The molecule has 4 rings (SSSR count). The smallest absolute Gasteiger partial charge is 0.149 e. The molecular weight excluding hydrogens is 407 g/mol. The Hall–Kier alpha value is -3.20. The van der Waals surface area contributed by atoms with Crippen LogP contribution in [0.25, 0.3) is 10.9 Å². The van der Waals surface area contributed by atoms with E-state index in [1.54, 1.807) is 13.8 Å². The second-order valence-electron chi connectivity index (χ2n) is 7.71.